The molecule has 9 nitrogen and oxygen atoms in total. The number of nitrogens with two attached hydrogens (primary N) is 1. The van der Waals surface area contributed by atoms with Gasteiger partial charge in [-0.1, -0.05) is 0 Å². The van der Waals surface area contributed by atoms with Crippen molar-refractivity contribution in [3.63, 3.8) is 0 Å². The fourth-order valence-electron chi connectivity index (χ4n) is 3.49. The minimum absolute atomic E-state index is 0.182. The van der Waals surface area contributed by atoms with E-state index in [1.807, 2.05) is 0 Å². The molecular weight excluding hydrogens is 306 g/mol. The Labute approximate surface area is 132 Å². The third-order valence-corrected chi connectivity index (χ3v) is 4.79. The highest BCUT2D eigenvalue weighted by Crippen LogP contribution is 2.62. The van der Waals surface area contributed by atoms with E-state index in [4.69, 9.17) is 10.8 Å². The van der Waals surface area contributed by atoms with Gasteiger partial charge in [0.25, 0.3) is 0 Å². The number of rotatable bonds is 6. The summed E-state index contributed by atoms with van der Waals surface area (Å²) in [6, 6.07) is -1.76. The van der Waals surface area contributed by atoms with E-state index in [2.05, 4.69) is 10.6 Å². The molecule has 9 heteroatoms. The summed E-state index contributed by atoms with van der Waals surface area (Å²) in [4.78, 5) is 46.6. The van der Waals surface area contributed by atoms with Crippen LogP contribution in [0.25, 0.3) is 0 Å². The number of hydrogen-bond acceptors (Lipinski definition) is 5. The van der Waals surface area contributed by atoms with E-state index in [1.165, 1.54) is 13.8 Å². The normalized spacial score (nSPS) is 34.0. The predicted octanol–water partition coefficient (Wildman–Crippen LogP) is -1.48. The molecule has 0 saturated heterocycles. The van der Waals surface area contributed by atoms with Crippen molar-refractivity contribution < 1.29 is 29.4 Å². The highest BCUT2D eigenvalue weighted by molar-refractivity contribution is 5.94. The Morgan fingerprint density at radius 1 is 1.17 bits per heavy atom. The molecule has 2 aliphatic rings. The van der Waals surface area contributed by atoms with Crippen LogP contribution in [0.15, 0.2) is 0 Å². The van der Waals surface area contributed by atoms with E-state index in [0.717, 1.165) is 0 Å². The maximum absolute atomic E-state index is 12.2. The summed E-state index contributed by atoms with van der Waals surface area (Å²) in [6.07, 6.45) is 0.621. The van der Waals surface area contributed by atoms with Crippen LogP contribution in [0.2, 0.25) is 0 Å². The smallest absolute Gasteiger partial charge is 0.329 e. The molecule has 0 aliphatic heterocycles. The zero-order valence-electron chi connectivity index (χ0n) is 12.9. The highest BCUT2D eigenvalue weighted by atomic mass is 16.4. The molecule has 0 aromatic rings. The van der Waals surface area contributed by atoms with Gasteiger partial charge in [-0.3, -0.25) is 14.4 Å². The van der Waals surface area contributed by atoms with Crippen molar-refractivity contribution in [1.82, 2.24) is 10.6 Å². The molecule has 2 rings (SSSR count). The van der Waals surface area contributed by atoms with Crippen LogP contribution in [0, 0.1) is 17.8 Å². The SMILES string of the molecule is C[C@H](N)C(=O)N[C@@H](C)C(=O)N[C@@]1(C(=O)O)CC[C@H]2[C@H](C(=O)O)[C@H]21. The first-order valence-corrected chi connectivity index (χ1v) is 7.46. The van der Waals surface area contributed by atoms with Gasteiger partial charge in [0, 0.05) is 5.92 Å². The number of amides is 2. The lowest BCUT2D eigenvalue weighted by atomic mass is 9.90. The number of hydrogen-bond donors (Lipinski definition) is 5. The zero-order valence-corrected chi connectivity index (χ0v) is 12.9. The predicted molar refractivity (Wildman–Crippen MR) is 77.1 cm³/mol. The Bertz CT molecular complexity index is 563. The number of aliphatic carboxylic acids is 2. The minimum Gasteiger partial charge on any atom is -0.481 e. The van der Waals surface area contributed by atoms with Crippen LogP contribution < -0.4 is 16.4 Å². The molecule has 2 fully saturated rings. The van der Waals surface area contributed by atoms with Crippen LogP contribution in [0.5, 0.6) is 0 Å². The first kappa shape index (κ1) is 17.2. The van der Waals surface area contributed by atoms with Crippen LogP contribution in [0.1, 0.15) is 26.7 Å². The van der Waals surface area contributed by atoms with Gasteiger partial charge in [0.15, 0.2) is 0 Å². The summed E-state index contributed by atoms with van der Waals surface area (Å²) in [7, 11) is 0. The Morgan fingerprint density at radius 2 is 1.78 bits per heavy atom. The van der Waals surface area contributed by atoms with Crippen LogP contribution in [-0.2, 0) is 19.2 Å². The average Bonchev–Trinajstić information content (AvgIpc) is 3.07. The fraction of sp³-hybridized carbons (Fsp3) is 0.714. The topological polar surface area (TPSA) is 159 Å². The maximum atomic E-state index is 12.2. The van der Waals surface area contributed by atoms with Gasteiger partial charge in [-0.25, -0.2) is 4.79 Å². The Balaban J connectivity index is 2.09. The third-order valence-electron chi connectivity index (χ3n) is 4.79. The number of carbonyl (C=O) groups excluding carboxylic acids is 2. The molecule has 0 unspecified atom stereocenters. The lowest BCUT2D eigenvalue weighted by molar-refractivity contribution is -0.150. The monoisotopic (exact) mass is 327 g/mol. The van der Waals surface area contributed by atoms with Crippen molar-refractivity contribution in [1.29, 1.82) is 0 Å². The summed E-state index contributed by atoms with van der Waals surface area (Å²) in [5, 5.41) is 23.5. The van der Waals surface area contributed by atoms with E-state index >= 15 is 0 Å². The van der Waals surface area contributed by atoms with E-state index in [1.54, 1.807) is 0 Å². The second kappa shape index (κ2) is 5.80. The van der Waals surface area contributed by atoms with Crippen LogP contribution in [0.3, 0.4) is 0 Å². The van der Waals surface area contributed by atoms with Crippen molar-refractivity contribution in [2.45, 2.75) is 44.3 Å². The molecule has 2 saturated carbocycles. The molecule has 0 aromatic heterocycles. The summed E-state index contributed by atoms with van der Waals surface area (Å²) in [5.41, 5.74) is 3.81. The molecule has 6 atom stereocenters. The maximum Gasteiger partial charge on any atom is 0.329 e. The van der Waals surface area contributed by atoms with Gasteiger partial charge >= 0.3 is 11.9 Å². The van der Waals surface area contributed by atoms with Gasteiger partial charge in [-0.05, 0) is 32.6 Å². The van der Waals surface area contributed by atoms with E-state index in [0.29, 0.717) is 6.42 Å². The first-order valence-electron chi connectivity index (χ1n) is 7.46. The molecule has 0 radical (unpaired) electrons. The van der Waals surface area contributed by atoms with Gasteiger partial charge < -0.3 is 26.6 Å². The number of nitrogens with one attached hydrogen (secondary N) is 2. The second-order valence-electron chi connectivity index (χ2n) is 6.38. The number of carboxylic acids is 2. The molecule has 2 amide bonds. The van der Waals surface area contributed by atoms with Crippen molar-refractivity contribution in [3.05, 3.63) is 0 Å². The summed E-state index contributed by atoms with van der Waals surface area (Å²) >= 11 is 0. The van der Waals surface area contributed by atoms with Gasteiger partial charge in [0.05, 0.1) is 12.0 Å². The van der Waals surface area contributed by atoms with Crippen LogP contribution >= 0.6 is 0 Å². The van der Waals surface area contributed by atoms with Gasteiger partial charge in [0.1, 0.15) is 11.6 Å². The quantitative estimate of drug-likeness (QED) is 0.398. The number of carboxylic acid groups (broad SMARTS) is 2. The third kappa shape index (κ3) is 2.88. The number of fused-ring (bicyclic) bond motifs is 1. The molecule has 0 bridgehead atoms. The van der Waals surface area contributed by atoms with E-state index in [-0.39, 0.29) is 12.3 Å². The van der Waals surface area contributed by atoms with Crippen molar-refractivity contribution in [2.75, 3.05) is 0 Å². The average molecular weight is 327 g/mol. The second-order valence-corrected chi connectivity index (χ2v) is 6.38. The first-order chi connectivity index (χ1) is 10.6. The number of carbonyl (C=O) groups is 4. The molecule has 6 N–H and O–H groups in total. The Kier molecular flexibility index (Phi) is 4.34. The molecule has 128 valence electrons. The Morgan fingerprint density at radius 3 is 2.22 bits per heavy atom. The lowest BCUT2D eigenvalue weighted by Crippen LogP contribution is -2.60. The van der Waals surface area contributed by atoms with Crippen molar-refractivity contribution >= 4 is 23.8 Å². The van der Waals surface area contributed by atoms with Crippen molar-refractivity contribution in [2.24, 2.45) is 23.5 Å². The molecule has 2 aliphatic carbocycles. The lowest BCUT2D eigenvalue weighted by Gasteiger charge is -2.30. The van der Waals surface area contributed by atoms with Crippen LogP contribution in [0.4, 0.5) is 0 Å². The molecule has 0 spiro atoms. The zero-order chi connectivity index (χ0) is 17.5. The molecule has 0 heterocycles. The molecule has 23 heavy (non-hydrogen) atoms. The molecular formula is C14H21N3O6. The van der Waals surface area contributed by atoms with Gasteiger partial charge in [-0.2, -0.15) is 0 Å². The largest absolute Gasteiger partial charge is 0.481 e. The minimum atomic E-state index is -1.59. The van der Waals surface area contributed by atoms with Crippen molar-refractivity contribution in [3.8, 4) is 0 Å². The standard InChI is InChI=1S/C14H21N3O6/c1-5(15)10(18)16-6(2)11(19)17-14(13(22)23)4-3-7-8(9(7)14)12(20)21/h5-9H,3-4,15H2,1-2H3,(H,16,18)(H,17,19)(H,20,21)(H,22,23)/t5-,6-,7-,8-,9-,14-/m0/s1. The van der Waals surface area contributed by atoms with Gasteiger partial charge in [0.2, 0.25) is 11.8 Å². The van der Waals surface area contributed by atoms with E-state index < -0.39 is 53.2 Å². The summed E-state index contributed by atoms with van der Waals surface area (Å²) < 4.78 is 0. The fourth-order valence-corrected chi connectivity index (χ4v) is 3.49. The highest BCUT2D eigenvalue weighted by Gasteiger charge is 2.72. The van der Waals surface area contributed by atoms with Crippen LogP contribution in [-0.4, -0.2) is 51.6 Å². The summed E-state index contributed by atoms with van der Waals surface area (Å²) in [5.74, 6) is -5.07. The molecule has 0 aromatic carbocycles. The summed E-state index contributed by atoms with van der Waals surface area (Å²) in [6.45, 7) is 2.88. The van der Waals surface area contributed by atoms with Gasteiger partial charge in [-0.15, -0.1) is 0 Å². The van der Waals surface area contributed by atoms with E-state index in [9.17, 15) is 24.3 Å². The Hall–Kier alpha value is -2.16.